The number of aromatic nitrogens is 4. The van der Waals surface area contributed by atoms with E-state index in [1.165, 1.54) is 0 Å². The number of nitrogens with zero attached hydrogens (tertiary/aromatic N) is 4. The van der Waals surface area contributed by atoms with Crippen LogP contribution >= 0.6 is 0 Å². The Bertz CT molecular complexity index is 1310. The van der Waals surface area contributed by atoms with Gasteiger partial charge in [0, 0.05) is 5.56 Å². The maximum atomic E-state index is 12.1. The number of hydrogen-bond acceptors (Lipinski definition) is 3. The molecule has 7 nitrogen and oxygen atoms in total. The maximum absolute atomic E-state index is 12.1. The van der Waals surface area contributed by atoms with Crippen molar-refractivity contribution in [2.75, 3.05) is 0 Å². The molecule has 0 spiro atoms. The van der Waals surface area contributed by atoms with Gasteiger partial charge in [0.25, 0.3) is 0 Å². The highest BCUT2D eigenvalue weighted by atomic mass is 16.7. The number of hydrogen-bond donors (Lipinski definition) is 0. The molecule has 0 aliphatic rings. The van der Waals surface area contributed by atoms with Gasteiger partial charge in [-0.05, 0) is 42.7 Å². The zero-order valence-electron chi connectivity index (χ0n) is 21.0. The fourth-order valence-corrected chi connectivity index (χ4v) is 3.90. The van der Waals surface area contributed by atoms with Gasteiger partial charge >= 0.3 is 6.16 Å². The second-order valence-electron chi connectivity index (χ2n) is 8.72. The van der Waals surface area contributed by atoms with Gasteiger partial charge in [0.1, 0.15) is 57.6 Å². The van der Waals surface area contributed by atoms with Crippen molar-refractivity contribution in [2.45, 2.75) is 53.2 Å². The number of imidazole rings is 2. The summed E-state index contributed by atoms with van der Waals surface area (Å²) in [6.45, 7) is 7.83. The van der Waals surface area contributed by atoms with Crippen molar-refractivity contribution in [3.05, 3.63) is 120 Å². The molecule has 0 aliphatic heterocycles. The quantitative estimate of drug-likeness (QED) is 0.180. The van der Waals surface area contributed by atoms with E-state index in [1.807, 2.05) is 49.4 Å². The minimum atomic E-state index is -0.664. The predicted octanol–water partition coefficient (Wildman–Crippen LogP) is 4.35. The van der Waals surface area contributed by atoms with Crippen LogP contribution in [0.25, 0.3) is 0 Å². The Morgan fingerprint density at radius 3 is 2.22 bits per heavy atom. The predicted molar refractivity (Wildman–Crippen MR) is 136 cm³/mol. The van der Waals surface area contributed by atoms with Crippen LogP contribution in [0.2, 0.25) is 0 Å². The van der Waals surface area contributed by atoms with Gasteiger partial charge in [-0.1, -0.05) is 48.5 Å². The van der Waals surface area contributed by atoms with E-state index in [0.29, 0.717) is 6.54 Å². The van der Waals surface area contributed by atoms with Crippen molar-refractivity contribution in [1.82, 2.24) is 9.13 Å². The van der Waals surface area contributed by atoms with Gasteiger partial charge in [0.2, 0.25) is 12.7 Å². The molecule has 2 heterocycles. The number of aryl methyl sites for hydroxylation is 2. The Labute approximate surface area is 212 Å². The van der Waals surface area contributed by atoms with Gasteiger partial charge in [-0.2, -0.15) is 0 Å². The third kappa shape index (κ3) is 7.18. The number of carbonyl (C=O) groups is 1. The lowest BCUT2D eigenvalue weighted by atomic mass is 10.1. The average Bonchev–Trinajstić information content (AvgIpc) is 3.55. The van der Waals surface area contributed by atoms with Gasteiger partial charge in [-0.3, -0.25) is 0 Å². The molecule has 0 atom stereocenters. The zero-order chi connectivity index (χ0) is 25.2. The minimum absolute atomic E-state index is 0.171. The Kier molecular flexibility index (Phi) is 8.70. The van der Waals surface area contributed by atoms with Crippen molar-refractivity contribution in [1.29, 1.82) is 0 Å². The van der Waals surface area contributed by atoms with Crippen LogP contribution in [0, 0.1) is 6.92 Å². The standard InChI is InChI=1S/C29H34N4O3/c1-3-30-16-17-31(23-30)14-8-9-15-32-18-19-33(24-32)20-26-11-6-7-13-28(26)22-36-29(34)35-21-27-12-5-4-10-25(27)2/h4-13,16-19,23-24H,3,14-15,20-22H2,1-2H3/q+2/b9-8+. The van der Waals surface area contributed by atoms with E-state index in [4.69, 9.17) is 9.47 Å². The summed E-state index contributed by atoms with van der Waals surface area (Å²) in [6.07, 6.45) is 16.2. The number of carbonyl (C=O) groups excluding carboxylic acids is 1. The Hall–Kier alpha value is -4.13. The zero-order valence-corrected chi connectivity index (χ0v) is 21.0. The summed E-state index contributed by atoms with van der Waals surface area (Å²) >= 11 is 0. The highest BCUT2D eigenvalue weighted by Gasteiger charge is 2.11. The molecule has 0 saturated carbocycles. The van der Waals surface area contributed by atoms with E-state index in [9.17, 15) is 4.79 Å². The highest BCUT2D eigenvalue weighted by Crippen LogP contribution is 2.12. The van der Waals surface area contributed by atoms with Crippen LogP contribution in [0.15, 0.2) is 98.1 Å². The van der Waals surface area contributed by atoms with E-state index < -0.39 is 6.16 Å². The molecule has 0 N–H and O–H groups in total. The molecule has 0 unspecified atom stereocenters. The summed E-state index contributed by atoms with van der Waals surface area (Å²) in [4.78, 5) is 12.1. The lowest BCUT2D eigenvalue weighted by Gasteiger charge is -2.10. The number of allylic oxidation sites excluding steroid dienone is 2. The molecule has 2 aromatic carbocycles. The Balaban J connectivity index is 1.26. The smallest absolute Gasteiger partial charge is 0.429 e. The van der Waals surface area contributed by atoms with Crippen LogP contribution in [-0.2, 0) is 48.9 Å². The van der Waals surface area contributed by atoms with Crippen LogP contribution < -0.4 is 9.13 Å². The van der Waals surface area contributed by atoms with Crippen molar-refractivity contribution in [3.63, 3.8) is 0 Å². The largest absolute Gasteiger partial charge is 0.508 e. The molecule has 0 aliphatic carbocycles. The van der Waals surface area contributed by atoms with Crippen molar-refractivity contribution >= 4 is 6.16 Å². The van der Waals surface area contributed by atoms with E-state index in [-0.39, 0.29) is 13.2 Å². The molecular formula is C29H34N4O3+2. The summed E-state index contributed by atoms with van der Waals surface area (Å²) in [5.74, 6) is 0. The van der Waals surface area contributed by atoms with Crippen molar-refractivity contribution < 1.29 is 23.4 Å². The summed E-state index contributed by atoms with van der Waals surface area (Å²) in [5.41, 5.74) is 4.11. The van der Waals surface area contributed by atoms with Crippen molar-refractivity contribution in [3.8, 4) is 0 Å². The molecule has 0 radical (unpaired) electrons. The van der Waals surface area contributed by atoms with Gasteiger partial charge < -0.3 is 9.47 Å². The first-order valence-electron chi connectivity index (χ1n) is 12.3. The molecule has 7 heteroatoms. The Morgan fingerprint density at radius 1 is 0.833 bits per heavy atom. The molecular weight excluding hydrogens is 452 g/mol. The van der Waals surface area contributed by atoms with E-state index in [0.717, 1.165) is 41.9 Å². The summed E-state index contributed by atoms with van der Waals surface area (Å²) < 4.78 is 19.3. The fourth-order valence-electron chi connectivity index (χ4n) is 3.90. The first kappa shape index (κ1) is 25.0. The third-order valence-electron chi connectivity index (χ3n) is 6.08. The molecule has 0 saturated heterocycles. The monoisotopic (exact) mass is 486 g/mol. The summed E-state index contributed by atoms with van der Waals surface area (Å²) in [7, 11) is 0. The molecule has 4 rings (SSSR count). The number of rotatable bonds is 11. The maximum Gasteiger partial charge on any atom is 0.508 e. The molecule has 0 bridgehead atoms. The normalized spacial score (nSPS) is 11.2. The molecule has 36 heavy (non-hydrogen) atoms. The third-order valence-corrected chi connectivity index (χ3v) is 6.08. The molecule has 186 valence electrons. The van der Waals surface area contributed by atoms with Crippen LogP contribution in [0.5, 0.6) is 0 Å². The Morgan fingerprint density at radius 2 is 1.47 bits per heavy atom. The van der Waals surface area contributed by atoms with Crippen LogP contribution in [0.1, 0.15) is 29.2 Å². The molecule has 0 amide bonds. The topological polar surface area (TPSA) is 53.2 Å². The van der Waals surface area contributed by atoms with Gasteiger partial charge in [0.05, 0.1) is 6.54 Å². The molecule has 2 aromatic heterocycles. The highest BCUT2D eigenvalue weighted by molar-refractivity contribution is 5.60. The number of ether oxygens (including phenoxy) is 2. The van der Waals surface area contributed by atoms with E-state index in [1.54, 1.807) is 0 Å². The summed E-state index contributed by atoms with van der Waals surface area (Å²) in [6, 6.07) is 15.8. The van der Waals surface area contributed by atoms with Crippen LogP contribution in [-0.4, -0.2) is 15.3 Å². The minimum Gasteiger partial charge on any atom is -0.429 e. The van der Waals surface area contributed by atoms with Crippen LogP contribution in [0.4, 0.5) is 4.79 Å². The first-order chi connectivity index (χ1) is 17.6. The second-order valence-corrected chi connectivity index (χ2v) is 8.72. The first-order valence-corrected chi connectivity index (χ1v) is 12.3. The SMILES string of the molecule is CCn1cc[n+](C/C=C/Cn2cc[n+](Cc3ccccc3COC(=O)OCc3ccccc3C)c2)c1. The summed E-state index contributed by atoms with van der Waals surface area (Å²) in [5, 5.41) is 0. The van der Waals surface area contributed by atoms with E-state index >= 15 is 0 Å². The second kappa shape index (κ2) is 12.5. The molecule has 4 aromatic rings. The fraction of sp³-hybridized carbons (Fsp3) is 0.276. The number of benzene rings is 2. The van der Waals surface area contributed by atoms with Gasteiger partial charge in [0.15, 0.2) is 0 Å². The van der Waals surface area contributed by atoms with E-state index in [2.05, 4.69) is 80.9 Å². The lowest BCUT2D eigenvalue weighted by molar-refractivity contribution is -0.688. The van der Waals surface area contributed by atoms with Crippen molar-refractivity contribution in [2.24, 2.45) is 0 Å². The average molecular weight is 487 g/mol. The van der Waals surface area contributed by atoms with Gasteiger partial charge in [-0.25, -0.2) is 23.1 Å². The molecule has 0 fully saturated rings. The van der Waals surface area contributed by atoms with Gasteiger partial charge in [-0.15, -0.1) is 0 Å². The lowest BCUT2D eigenvalue weighted by Crippen LogP contribution is -2.32. The van der Waals surface area contributed by atoms with Crippen LogP contribution in [0.3, 0.4) is 0 Å².